The Balaban J connectivity index is 2.53. The maximum absolute atomic E-state index is 13.9. The third-order valence-electron chi connectivity index (χ3n) is 3.43. The molecule has 1 unspecified atom stereocenters. The standard InChI is InChI=1S/C16H15BrFNO2/c1-2-16(15(20)21,11-6-5-7-12(17)10-11)19-14-9-4-3-8-13(14)18/h3-10,19H,2H2,1H3,(H,20,21). The molecule has 0 saturated heterocycles. The molecule has 21 heavy (non-hydrogen) atoms. The maximum atomic E-state index is 13.9. The number of aliphatic carboxylic acids is 1. The van der Waals surface area contributed by atoms with Crippen molar-refractivity contribution in [3.63, 3.8) is 0 Å². The fourth-order valence-electron chi connectivity index (χ4n) is 2.24. The lowest BCUT2D eigenvalue weighted by Crippen LogP contribution is -2.43. The molecule has 2 aromatic carbocycles. The van der Waals surface area contributed by atoms with Gasteiger partial charge in [-0.2, -0.15) is 0 Å². The van der Waals surface area contributed by atoms with Gasteiger partial charge < -0.3 is 10.4 Å². The molecule has 2 aromatic rings. The number of carbonyl (C=O) groups is 1. The van der Waals surface area contributed by atoms with Crippen molar-refractivity contribution in [3.8, 4) is 0 Å². The van der Waals surface area contributed by atoms with Crippen molar-refractivity contribution in [3.05, 3.63) is 64.4 Å². The van der Waals surface area contributed by atoms with Crippen molar-refractivity contribution < 1.29 is 14.3 Å². The van der Waals surface area contributed by atoms with Gasteiger partial charge in [0.05, 0.1) is 5.69 Å². The van der Waals surface area contributed by atoms with E-state index < -0.39 is 17.3 Å². The molecule has 0 radical (unpaired) electrons. The Morgan fingerprint density at radius 2 is 2.00 bits per heavy atom. The number of hydrogen-bond acceptors (Lipinski definition) is 2. The Morgan fingerprint density at radius 3 is 2.57 bits per heavy atom. The van der Waals surface area contributed by atoms with E-state index in [1.54, 1.807) is 37.3 Å². The first-order valence-corrected chi connectivity index (χ1v) is 7.31. The summed E-state index contributed by atoms with van der Waals surface area (Å²) >= 11 is 3.34. The Bertz CT molecular complexity index is 662. The van der Waals surface area contributed by atoms with Crippen LogP contribution in [0.3, 0.4) is 0 Å². The average molecular weight is 352 g/mol. The predicted molar refractivity (Wildman–Crippen MR) is 83.8 cm³/mol. The van der Waals surface area contributed by atoms with Crippen LogP contribution in [0.15, 0.2) is 53.0 Å². The van der Waals surface area contributed by atoms with E-state index in [-0.39, 0.29) is 12.1 Å². The second-order valence-electron chi connectivity index (χ2n) is 4.68. The smallest absolute Gasteiger partial charge is 0.334 e. The molecular formula is C16H15BrFNO2. The molecule has 0 aliphatic carbocycles. The van der Waals surface area contributed by atoms with Crippen molar-refractivity contribution in [1.29, 1.82) is 0 Å². The summed E-state index contributed by atoms with van der Waals surface area (Å²) in [6.07, 6.45) is 0.271. The minimum Gasteiger partial charge on any atom is -0.479 e. The fourth-order valence-corrected chi connectivity index (χ4v) is 2.64. The van der Waals surface area contributed by atoms with E-state index in [0.717, 1.165) is 4.47 Å². The van der Waals surface area contributed by atoms with Gasteiger partial charge >= 0.3 is 5.97 Å². The number of halogens is 2. The topological polar surface area (TPSA) is 49.3 Å². The number of carboxylic acid groups (broad SMARTS) is 1. The lowest BCUT2D eigenvalue weighted by atomic mass is 9.87. The first-order valence-electron chi connectivity index (χ1n) is 6.52. The summed E-state index contributed by atoms with van der Waals surface area (Å²) in [5.41, 5.74) is -0.650. The van der Waals surface area contributed by atoms with Gasteiger partial charge in [-0.15, -0.1) is 0 Å². The highest BCUT2D eigenvalue weighted by Crippen LogP contribution is 2.32. The van der Waals surface area contributed by atoms with E-state index >= 15 is 0 Å². The Morgan fingerprint density at radius 1 is 1.29 bits per heavy atom. The highest BCUT2D eigenvalue weighted by atomic mass is 79.9. The fraction of sp³-hybridized carbons (Fsp3) is 0.188. The van der Waals surface area contributed by atoms with Crippen LogP contribution >= 0.6 is 15.9 Å². The lowest BCUT2D eigenvalue weighted by molar-refractivity contribution is -0.142. The third-order valence-corrected chi connectivity index (χ3v) is 3.93. The molecule has 0 saturated carbocycles. The molecule has 3 nitrogen and oxygen atoms in total. The molecule has 5 heteroatoms. The van der Waals surface area contributed by atoms with Crippen LogP contribution in [0.1, 0.15) is 18.9 Å². The van der Waals surface area contributed by atoms with Gasteiger partial charge in [0.25, 0.3) is 0 Å². The summed E-state index contributed by atoms with van der Waals surface area (Å²) < 4.78 is 14.6. The van der Waals surface area contributed by atoms with Crippen LogP contribution in [0.5, 0.6) is 0 Å². The largest absolute Gasteiger partial charge is 0.479 e. The normalized spacial score (nSPS) is 13.5. The molecule has 0 heterocycles. The monoisotopic (exact) mass is 351 g/mol. The van der Waals surface area contributed by atoms with Crippen LogP contribution in [-0.2, 0) is 10.3 Å². The van der Waals surface area contributed by atoms with Gasteiger partial charge in [-0.1, -0.05) is 47.1 Å². The lowest BCUT2D eigenvalue weighted by Gasteiger charge is -2.31. The molecule has 0 aliphatic heterocycles. The van der Waals surface area contributed by atoms with Crippen LogP contribution in [0.2, 0.25) is 0 Å². The zero-order chi connectivity index (χ0) is 15.5. The average Bonchev–Trinajstić information content (AvgIpc) is 2.46. The van der Waals surface area contributed by atoms with Crippen LogP contribution in [0, 0.1) is 5.82 Å². The molecular weight excluding hydrogens is 337 g/mol. The van der Waals surface area contributed by atoms with E-state index in [0.29, 0.717) is 5.56 Å². The number of carboxylic acids is 1. The molecule has 110 valence electrons. The SMILES string of the molecule is CCC(Nc1ccccc1F)(C(=O)O)c1cccc(Br)c1. The summed E-state index contributed by atoms with van der Waals surface area (Å²) in [6, 6.07) is 13.1. The van der Waals surface area contributed by atoms with Gasteiger partial charge in [0.15, 0.2) is 5.54 Å². The van der Waals surface area contributed by atoms with E-state index in [9.17, 15) is 14.3 Å². The van der Waals surface area contributed by atoms with Crippen molar-refractivity contribution >= 4 is 27.6 Å². The summed E-state index contributed by atoms with van der Waals surface area (Å²) in [7, 11) is 0. The van der Waals surface area contributed by atoms with Gasteiger partial charge in [0.1, 0.15) is 5.82 Å². The first kappa shape index (κ1) is 15.5. The van der Waals surface area contributed by atoms with Gasteiger partial charge in [-0.05, 0) is 36.2 Å². The number of benzene rings is 2. The quantitative estimate of drug-likeness (QED) is 0.839. The van der Waals surface area contributed by atoms with Crippen molar-refractivity contribution in [2.45, 2.75) is 18.9 Å². The first-order chi connectivity index (χ1) is 9.99. The Kier molecular flexibility index (Phi) is 4.63. The van der Waals surface area contributed by atoms with E-state index in [1.807, 2.05) is 6.07 Å². The number of hydrogen-bond donors (Lipinski definition) is 2. The summed E-state index contributed by atoms with van der Waals surface area (Å²) in [6.45, 7) is 1.75. The zero-order valence-electron chi connectivity index (χ0n) is 11.4. The van der Waals surface area contributed by atoms with E-state index in [2.05, 4.69) is 21.2 Å². The second kappa shape index (κ2) is 6.26. The summed E-state index contributed by atoms with van der Waals surface area (Å²) in [5, 5.41) is 12.6. The van der Waals surface area contributed by atoms with Crippen molar-refractivity contribution in [1.82, 2.24) is 0 Å². The summed E-state index contributed by atoms with van der Waals surface area (Å²) in [4.78, 5) is 11.9. The van der Waals surface area contributed by atoms with Gasteiger partial charge in [0.2, 0.25) is 0 Å². The molecule has 0 amide bonds. The van der Waals surface area contributed by atoms with Gasteiger partial charge in [0, 0.05) is 4.47 Å². The predicted octanol–water partition coefficient (Wildman–Crippen LogP) is 4.39. The Labute approximate surface area is 130 Å². The van der Waals surface area contributed by atoms with Crippen LogP contribution in [0.4, 0.5) is 10.1 Å². The zero-order valence-corrected chi connectivity index (χ0v) is 13.0. The minimum atomic E-state index is -1.38. The van der Waals surface area contributed by atoms with Crippen LogP contribution < -0.4 is 5.32 Å². The van der Waals surface area contributed by atoms with Gasteiger partial charge in [-0.25, -0.2) is 9.18 Å². The highest BCUT2D eigenvalue weighted by molar-refractivity contribution is 9.10. The molecule has 0 spiro atoms. The minimum absolute atomic E-state index is 0.168. The van der Waals surface area contributed by atoms with Crippen LogP contribution in [-0.4, -0.2) is 11.1 Å². The number of nitrogens with one attached hydrogen (secondary N) is 1. The van der Waals surface area contributed by atoms with E-state index in [1.165, 1.54) is 12.1 Å². The maximum Gasteiger partial charge on any atom is 0.334 e. The third kappa shape index (κ3) is 3.08. The molecule has 1 atom stereocenters. The summed E-state index contributed by atoms with van der Waals surface area (Å²) in [5.74, 6) is -1.53. The number of para-hydroxylation sites is 1. The number of rotatable bonds is 5. The number of anilines is 1. The molecule has 2 rings (SSSR count). The second-order valence-corrected chi connectivity index (χ2v) is 5.59. The van der Waals surface area contributed by atoms with E-state index in [4.69, 9.17) is 0 Å². The molecule has 0 fully saturated rings. The van der Waals surface area contributed by atoms with Crippen molar-refractivity contribution in [2.75, 3.05) is 5.32 Å². The van der Waals surface area contributed by atoms with Crippen molar-refractivity contribution in [2.24, 2.45) is 0 Å². The highest BCUT2D eigenvalue weighted by Gasteiger charge is 2.39. The molecule has 0 aliphatic rings. The van der Waals surface area contributed by atoms with Gasteiger partial charge in [-0.3, -0.25) is 0 Å². The molecule has 2 N–H and O–H groups in total. The molecule has 0 aromatic heterocycles. The van der Waals surface area contributed by atoms with Crippen LogP contribution in [0.25, 0.3) is 0 Å². The Hall–Kier alpha value is -1.88. The molecule has 0 bridgehead atoms.